The summed E-state index contributed by atoms with van der Waals surface area (Å²) >= 11 is 0. The van der Waals surface area contributed by atoms with Crippen LogP contribution in [0.25, 0.3) is 0 Å². The summed E-state index contributed by atoms with van der Waals surface area (Å²) in [5, 5.41) is 27.5. The molecule has 0 radical (unpaired) electrons. The zero-order chi connectivity index (χ0) is 13.7. The maximum atomic E-state index is 11.0. The fourth-order valence-corrected chi connectivity index (χ4v) is 1.50. The Kier molecular flexibility index (Phi) is 4.75. The monoisotopic (exact) mass is 254 g/mol. The van der Waals surface area contributed by atoms with Gasteiger partial charge < -0.3 is 21.1 Å². The van der Waals surface area contributed by atoms with Crippen molar-refractivity contribution in [3.8, 4) is 0 Å². The molecule has 0 saturated carbocycles. The van der Waals surface area contributed by atoms with Crippen molar-refractivity contribution < 1.29 is 24.9 Å². The van der Waals surface area contributed by atoms with Crippen LogP contribution in [0.3, 0.4) is 0 Å². The number of nitrogens with zero attached hydrogens (tertiary/aromatic N) is 1. The van der Waals surface area contributed by atoms with E-state index in [2.05, 4.69) is 4.98 Å². The van der Waals surface area contributed by atoms with E-state index >= 15 is 0 Å². The number of aliphatic hydroxyl groups is 1. The first kappa shape index (κ1) is 14.1. The van der Waals surface area contributed by atoms with Crippen molar-refractivity contribution in [2.24, 2.45) is 11.7 Å². The molecule has 5 N–H and O–H groups in total. The van der Waals surface area contributed by atoms with Crippen LogP contribution in [0, 0.1) is 5.92 Å². The number of carboxylic acid groups (broad SMARTS) is 2. The minimum atomic E-state index is -1.39. The summed E-state index contributed by atoms with van der Waals surface area (Å²) < 4.78 is 0. The lowest BCUT2D eigenvalue weighted by molar-refractivity contribution is -0.147. The lowest BCUT2D eigenvalue weighted by atomic mass is 9.92. The normalized spacial score (nSPS) is 15.7. The van der Waals surface area contributed by atoms with Crippen molar-refractivity contribution in [1.82, 2.24) is 4.98 Å². The third-order valence-corrected chi connectivity index (χ3v) is 2.51. The summed E-state index contributed by atoms with van der Waals surface area (Å²) in [7, 11) is 0. The Labute approximate surface area is 103 Å². The number of hydrogen-bond donors (Lipinski definition) is 4. The van der Waals surface area contributed by atoms with E-state index in [4.69, 9.17) is 15.9 Å². The summed E-state index contributed by atoms with van der Waals surface area (Å²) in [5.74, 6) is -3.94. The summed E-state index contributed by atoms with van der Waals surface area (Å²) in [4.78, 5) is 25.5. The second-order valence-electron chi connectivity index (χ2n) is 3.82. The highest BCUT2D eigenvalue weighted by atomic mass is 16.4. The number of carboxylic acids is 2. The van der Waals surface area contributed by atoms with Crippen LogP contribution in [0.5, 0.6) is 0 Å². The highest BCUT2D eigenvalue weighted by Crippen LogP contribution is 2.24. The van der Waals surface area contributed by atoms with Crippen molar-refractivity contribution in [2.45, 2.75) is 18.6 Å². The second-order valence-corrected chi connectivity index (χ2v) is 3.82. The van der Waals surface area contributed by atoms with Gasteiger partial charge in [-0.1, -0.05) is 6.07 Å². The van der Waals surface area contributed by atoms with E-state index in [0.717, 1.165) is 0 Å². The van der Waals surface area contributed by atoms with Crippen LogP contribution in [0.4, 0.5) is 0 Å². The Morgan fingerprint density at radius 1 is 1.28 bits per heavy atom. The molecule has 1 heterocycles. The first-order valence-corrected chi connectivity index (χ1v) is 5.23. The van der Waals surface area contributed by atoms with E-state index in [-0.39, 0.29) is 12.1 Å². The van der Waals surface area contributed by atoms with Crippen molar-refractivity contribution in [2.75, 3.05) is 0 Å². The van der Waals surface area contributed by atoms with Gasteiger partial charge in [-0.15, -0.1) is 0 Å². The minimum Gasteiger partial charge on any atom is -0.481 e. The summed E-state index contributed by atoms with van der Waals surface area (Å²) in [6, 6.07) is 3.34. The molecule has 18 heavy (non-hydrogen) atoms. The molecule has 1 aromatic heterocycles. The summed E-state index contributed by atoms with van der Waals surface area (Å²) in [6.07, 6.45) is -0.356. The molecule has 1 rings (SSSR count). The molecule has 0 amide bonds. The molecular weight excluding hydrogens is 240 g/mol. The molecule has 7 nitrogen and oxygen atoms in total. The predicted octanol–water partition coefficient (Wildman–Crippen LogP) is -0.382. The fraction of sp³-hybridized carbons (Fsp3) is 0.364. The van der Waals surface area contributed by atoms with Crippen LogP contribution >= 0.6 is 0 Å². The number of aromatic nitrogens is 1. The number of aliphatic hydroxyl groups excluding tert-OH is 1. The maximum Gasteiger partial charge on any atom is 0.320 e. The third kappa shape index (κ3) is 3.51. The summed E-state index contributed by atoms with van der Waals surface area (Å²) in [5.41, 5.74) is 5.45. The molecule has 3 atom stereocenters. The maximum absolute atomic E-state index is 11.0. The summed E-state index contributed by atoms with van der Waals surface area (Å²) in [6.45, 7) is 0. The van der Waals surface area contributed by atoms with Crippen LogP contribution in [-0.2, 0) is 9.59 Å². The SMILES string of the molecule is N[C@@H](C[C@@H](C(=O)O)C(O)c1ccccn1)C(=O)O. The quantitative estimate of drug-likeness (QED) is 0.543. The minimum absolute atomic E-state index is 0.169. The van der Waals surface area contributed by atoms with E-state index in [1.807, 2.05) is 0 Å². The zero-order valence-corrected chi connectivity index (χ0v) is 9.43. The smallest absolute Gasteiger partial charge is 0.320 e. The standard InChI is InChI=1S/C11H14N2O5/c12-7(11(17)18)5-6(10(15)16)9(14)8-3-1-2-4-13-8/h1-4,6-7,9,14H,5,12H2,(H,15,16)(H,17,18)/t6-,7+,9?/m1/s1. The number of hydrogen-bond acceptors (Lipinski definition) is 5. The van der Waals surface area contributed by atoms with Crippen molar-refractivity contribution in [1.29, 1.82) is 0 Å². The van der Waals surface area contributed by atoms with Gasteiger partial charge in [0.1, 0.15) is 12.1 Å². The lowest BCUT2D eigenvalue weighted by Crippen LogP contribution is -2.36. The van der Waals surface area contributed by atoms with Gasteiger partial charge >= 0.3 is 11.9 Å². The lowest BCUT2D eigenvalue weighted by Gasteiger charge is -2.20. The van der Waals surface area contributed by atoms with Crippen LogP contribution < -0.4 is 5.73 Å². The van der Waals surface area contributed by atoms with Gasteiger partial charge in [-0.2, -0.15) is 0 Å². The Bertz CT molecular complexity index is 423. The molecule has 0 aliphatic heterocycles. The molecule has 0 saturated heterocycles. The molecule has 0 fully saturated rings. The molecule has 0 aromatic carbocycles. The highest BCUT2D eigenvalue weighted by Gasteiger charge is 2.32. The second kappa shape index (κ2) is 6.08. The van der Waals surface area contributed by atoms with E-state index < -0.39 is 30.0 Å². The number of nitrogens with two attached hydrogens (primary N) is 1. The van der Waals surface area contributed by atoms with Crippen molar-refractivity contribution in [3.63, 3.8) is 0 Å². The third-order valence-electron chi connectivity index (χ3n) is 2.51. The average Bonchev–Trinajstić information content (AvgIpc) is 2.35. The van der Waals surface area contributed by atoms with Crippen molar-refractivity contribution >= 4 is 11.9 Å². The average molecular weight is 254 g/mol. The van der Waals surface area contributed by atoms with Crippen LogP contribution in [0.2, 0.25) is 0 Å². The van der Waals surface area contributed by atoms with Gasteiger partial charge in [0.25, 0.3) is 0 Å². The Hall–Kier alpha value is -1.99. The van der Waals surface area contributed by atoms with E-state index in [9.17, 15) is 14.7 Å². The predicted molar refractivity (Wildman–Crippen MR) is 60.6 cm³/mol. The van der Waals surface area contributed by atoms with Gasteiger partial charge in [0, 0.05) is 6.20 Å². The van der Waals surface area contributed by atoms with Gasteiger partial charge in [0.15, 0.2) is 0 Å². The first-order chi connectivity index (χ1) is 8.43. The molecule has 0 aliphatic carbocycles. The van der Waals surface area contributed by atoms with E-state index in [1.165, 1.54) is 12.3 Å². The molecule has 7 heteroatoms. The van der Waals surface area contributed by atoms with Gasteiger partial charge in [-0.25, -0.2) is 0 Å². The van der Waals surface area contributed by atoms with Gasteiger partial charge in [-0.05, 0) is 18.6 Å². The molecular formula is C11H14N2O5. The Morgan fingerprint density at radius 2 is 1.94 bits per heavy atom. The number of aliphatic carboxylic acids is 2. The molecule has 0 bridgehead atoms. The van der Waals surface area contributed by atoms with Crippen LogP contribution in [0.15, 0.2) is 24.4 Å². The number of rotatable bonds is 6. The zero-order valence-electron chi connectivity index (χ0n) is 9.43. The largest absolute Gasteiger partial charge is 0.481 e. The van der Waals surface area contributed by atoms with Crippen LogP contribution in [-0.4, -0.2) is 38.3 Å². The number of pyridine rings is 1. The topological polar surface area (TPSA) is 134 Å². The fourth-order valence-electron chi connectivity index (χ4n) is 1.50. The molecule has 0 spiro atoms. The first-order valence-electron chi connectivity index (χ1n) is 5.23. The van der Waals surface area contributed by atoms with Crippen molar-refractivity contribution in [3.05, 3.63) is 30.1 Å². The number of carbonyl (C=O) groups is 2. The molecule has 1 unspecified atom stereocenters. The van der Waals surface area contributed by atoms with Gasteiger partial charge in [-0.3, -0.25) is 14.6 Å². The van der Waals surface area contributed by atoms with Gasteiger partial charge in [0.2, 0.25) is 0 Å². The van der Waals surface area contributed by atoms with E-state index in [0.29, 0.717) is 0 Å². The molecule has 98 valence electrons. The molecule has 1 aromatic rings. The molecule has 0 aliphatic rings. The van der Waals surface area contributed by atoms with Crippen LogP contribution in [0.1, 0.15) is 18.2 Å². The Morgan fingerprint density at radius 3 is 2.39 bits per heavy atom. The highest BCUT2D eigenvalue weighted by molar-refractivity contribution is 5.76. The Balaban J connectivity index is 2.86. The van der Waals surface area contributed by atoms with Gasteiger partial charge in [0.05, 0.1) is 11.6 Å². The van der Waals surface area contributed by atoms with E-state index in [1.54, 1.807) is 12.1 Å².